The van der Waals surface area contributed by atoms with E-state index in [1.54, 1.807) is 11.8 Å². The maximum absolute atomic E-state index is 13.8. The van der Waals surface area contributed by atoms with Crippen LogP contribution in [0, 0.1) is 11.7 Å². The standard InChI is InChI=1S/C15H18FNO4/c1-2-21-13-11(4-3-5-12(13)16)14(18)17-8-6-10(7-9-17)15(19)20/h3-5,10H,2,6-9H2,1H3,(H,19,20). The van der Waals surface area contributed by atoms with Gasteiger partial charge in [-0.05, 0) is 31.9 Å². The molecule has 114 valence electrons. The lowest BCUT2D eigenvalue weighted by molar-refractivity contribution is -0.143. The average molecular weight is 295 g/mol. The molecule has 1 heterocycles. The van der Waals surface area contributed by atoms with Gasteiger partial charge in [-0.1, -0.05) is 6.07 Å². The molecule has 0 unspecified atom stereocenters. The number of carboxylic acid groups (broad SMARTS) is 1. The highest BCUT2D eigenvalue weighted by Gasteiger charge is 2.29. The molecule has 1 N–H and O–H groups in total. The molecule has 0 bridgehead atoms. The van der Waals surface area contributed by atoms with Crippen molar-refractivity contribution >= 4 is 11.9 Å². The molecule has 1 aliphatic heterocycles. The summed E-state index contributed by atoms with van der Waals surface area (Å²) < 4.78 is 19.0. The predicted octanol–water partition coefficient (Wildman–Crippen LogP) is 2.16. The summed E-state index contributed by atoms with van der Waals surface area (Å²) in [6.45, 7) is 2.71. The van der Waals surface area contributed by atoms with Crippen molar-refractivity contribution in [3.63, 3.8) is 0 Å². The molecule has 1 aromatic carbocycles. The molecule has 0 saturated carbocycles. The van der Waals surface area contributed by atoms with E-state index in [0.717, 1.165) is 0 Å². The van der Waals surface area contributed by atoms with Crippen LogP contribution < -0.4 is 4.74 Å². The van der Waals surface area contributed by atoms with Crippen LogP contribution in [0.4, 0.5) is 4.39 Å². The van der Waals surface area contributed by atoms with Gasteiger partial charge >= 0.3 is 5.97 Å². The number of carboxylic acids is 1. The number of hydrogen-bond donors (Lipinski definition) is 1. The quantitative estimate of drug-likeness (QED) is 0.924. The molecule has 1 aliphatic rings. The fourth-order valence-electron chi connectivity index (χ4n) is 2.47. The van der Waals surface area contributed by atoms with Crippen LogP contribution in [-0.4, -0.2) is 41.6 Å². The number of carbonyl (C=O) groups excluding carboxylic acids is 1. The van der Waals surface area contributed by atoms with Gasteiger partial charge in [0.05, 0.1) is 18.1 Å². The number of nitrogens with zero attached hydrogens (tertiary/aromatic N) is 1. The summed E-state index contributed by atoms with van der Waals surface area (Å²) in [5.74, 6) is -2.16. The van der Waals surface area contributed by atoms with Gasteiger partial charge in [-0.15, -0.1) is 0 Å². The molecule has 21 heavy (non-hydrogen) atoms. The van der Waals surface area contributed by atoms with Gasteiger partial charge in [0.1, 0.15) is 0 Å². The minimum absolute atomic E-state index is 0.0367. The normalized spacial score (nSPS) is 15.8. The van der Waals surface area contributed by atoms with Gasteiger partial charge in [0.15, 0.2) is 11.6 Å². The summed E-state index contributed by atoms with van der Waals surface area (Å²) in [6, 6.07) is 4.24. The van der Waals surface area contributed by atoms with Crippen molar-refractivity contribution in [2.24, 2.45) is 5.92 Å². The zero-order chi connectivity index (χ0) is 15.4. The fraction of sp³-hybridized carbons (Fsp3) is 0.467. The lowest BCUT2D eigenvalue weighted by Crippen LogP contribution is -2.40. The molecule has 2 rings (SSSR count). The van der Waals surface area contributed by atoms with Crippen molar-refractivity contribution in [2.75, 3.05) is 19.7 Å². The summed E-state index contributed by atoms with van der Waals surface area (Å²) in [4.78, 5) is 24.9. The van der Waals surface area contributed by atoms with Crippen molar-refractivity contribution in [1.82, 2.24) is 4.90 Å². The van der Waals surface area contributed by atoms with E-state index in [2.05, 4.69) is 0 Å². The van der Waals surface area contributed by atoms with Crippen LogP contribution in [0.3, 0.4) is 0 Å². The first-order valence-electron chi connectivity index (χ1n) is 6.98. The Balaban J connectivity index is 2.14. The van der Waals surface area contributed by atoms with E-state index in [-0.39, 0.29) is 23.8 Å². The van der Waals surface area contributed by atoms with Crippen LogP contribution in [-0.2, 0) is 4.79 Å². The molecular weight excluding hydrogens is 277 g/mol. The molecule has 0 aliphatic carbocycles. The lowest BCUT2D eigenvalue weighted by Gasteiger charge is -2.30. The van der Waals surface area contributed by atoms with E-state index >= 15 is 0 Å². The number of halogens is 1. The summed E-state index contributed by atoms with van der Waals surface area (Å²) in [5, 5.41) is 8.96. The Morgan fingerprint density at radius 2 is 2.05 bits per heavy atom. The van der Waals surface area contributed by atoms with Crippen LogP contribution in [0.1, 0.15) is 30.1 Å². The second-order valence-electron chi connectivity index (χ2n) is 4.95. The SMILES string of the molecule is CCOc1c(F)cccc1C(=O)N1CCC(C(=O)O)CC1. The van der Waals surface area contributed by atoms with E-state index in [9.17, 15) is 14.0 Å². The summed E-state index contributed by atoms with van der Waals surface area (Å²) in [7, 11) is 0. The Hall–Kier alpha value is -2.11. The first-order valence-corrected chi connectivity index (χ1v) is 6.98. The summed E-state index contributed by atoms with van der Waals surface area (Å²) in [6.07, 6.45) is 0.834. The van der Waals surface area contributed by atoms with E-state index < -0.39 is 17.7 Å². The largest absolute Gasteiger partial charge is 0.490 e. The minimum atomic E-state index is -0.831. The van der Waals surface area contributed by atoms with E-state index in [4.69, 9.17) is 9.84 Å². The maximum Gasteiger partial charge on any atom is 0.306 e. The highest BCUT2D eigenvalue weighted by Crippen LogP contribution is 2.26. The Kier molecular flexibility index (Phi) is 4.77. The van der Waals surface area contributed by atoms with Gasteiger partial charge in [0, 0.05) is 13.1 Å². The number of piperidine rings is 1. The number of benzene rings is 1. The molecular formula is C15H18FNO4. The van der Waals surface area contributed by atoms with E-state index in [0.29, 0.717) is 25.9 Å². The molecule has 6 heteroatoms. The van der Waals surface area contributed by atoms with Gasteiger partial charge in [0.2, 0.25) is 0 Å². The highest BCUT2D eigenvalue weighted by atomic mass is 19.1. The molecule has 1 fully saturated rings. The third-order valence-electron chi connectivity index (χ3n) is 3.62. The maximum atomic E-state index is 13.8. The third kappa shape index (κ3) is 3.32. The molecule has 5 nitrogen and oxygen atoms in total. The fourth-order valence-corrected chi connectivity index (χ4v) is 2.47. The smallest absolute Gasteiger partial charge is 0.306 e. The van der Waals surface area contributed by atoms with Crippen LogP contribution in [0.25, 0.3) is 0 Å². The van der Waals surface area contributed by atoms with Crippen molar-refractivity contribution in [2.45, 2.75) is 19.8 Å². The monoisotopic (exact) mass is 295 g/mol. The number of amides is 1. The highest BCUT2D eigenvalue weighted by molar-refractivity contribution is 5.97. The number of hydrogen-bond acceptors (Lipinski definition) is 3. The van der Waals surface area contributed by atoms with Gasteiger partial charge < -0.3 is 14.7 Å². The molecule has 1 amide bonds. The minimum Gasteiger partial charge on any atom is -0.490 e. The van der Waals surface area contributed by atoms with Crippen LogP contribution in [0.5, 0.6) is 5.75 Å². The lowest BCUT2D eigenvalue weighted by atomic mass is 9.96. The number of carbonyl (C=O) groups is 2. The second kappa shape index (κ2) is 6.56. The Morgan fingerprint density at radius 1 is 1.38 bits per heavy atom. The summed E-state index contributed by atoms with van der Waals surface area (Å²) >= 11 is 0. The van der Waals surface area contributed by atoms with Crippen LogP contribution in [0.2, 0.25) is 0 Å². The topological polar surface area (TPSA) is 66.8 Å². The Labute approximate surface area is 122 Å². The van der Waals surface area contributed by atoms with Crippen LogP contribution >= 0.6 is 0 Å². The van der Waals surface area contributed by atoms with Gasteiger partial charge in [-0.2, -0.15) is 0 Å². The van der Waals surface area contributed by atoms with Crippen molar-refractivity contribution in [3.8, 4) is 5.75 Å². The number of aliphatic carboxylic acids is 1. The van der Waals surface area contributed by atoms with Gasteiger partial charge in [0.25, 0.3) is 5.91 Å². The molecule has 1 aromatic rings. The van der Waals surface area contributed by atoms with E-state index in [1.807, 2.05) is 0 Å². The zero-order valence-electron chi connectivity index (χ0n) is 11.8. The van der Waals surface area contributed by atoms with Gasteiger partial charge in [-0.25, -0.2) is 4.39 Å². The number of likely N-dealkylation sites (tertiary alicyclic amines) is 1. The van der Waals surface area contributed by atoms with Crippen LogP contribution in [0.15, 0.2) is 18.2 Å². The summed E-state index contributed by atoms with van der Waals surface area (Å²) in [5.41, 5.74) is 0.186. The van der Waals surface area contributed by atoms with Gasteiger partial charge in [-0.3, -0.25) is 9.59 Å². The molecule has 0 atom stereocenters. The first kappa shape index (κ1) is 15.3. The average Bonchev–Trinajstić information content (AvgIpc) is 2.49. The number of ether oxygens (including phenoxy) is 1. The first-order chi connectivity index (χ1) is 10.0. The molecule has 0 spiro atoms. The molecule has 0 aromatic heterocycles. The molecule has 1 saturated heterocycles. The third-order valence-corrected chi connectivity index (χ3v) is 3.62. The Morgan fingerprint density at radius 3 is 2.62 bits per heavy atom. The second-order valence-corrected chi connectivity index (χ2v) is 4.95. The molecule has 0 radical (unpaired) electrons. The number of para-hydroxylation sites is 1. The van der Waals surface area contributed by atoms with Crippen molar-refractivity contribution in [1.29, 1.82) is 0 Å². The van der Waals surface area contributed by atoms with Crippen molar-refractivity contribution < 1.29 is 23.8 Å². The Bertz CT molecular complexity index is 538. The zero-order valence-corrected chi connectivity index (χ0v) is 11.8. The van der Waals surface area contributed by atoms with Crippen molar-refractivity contribution in [3.05, 3.63) is 29.6 Å². The predicted molar refractivity (Wildman–Crippen MR) is 73.8 cm³/mol. The van der Waals surface area contributed by atoms with E-state index in [1.165, 1.54) is 18.2 Å². The number of rotatable bonds is 4.